The number of aryl methyl sites for hydroxylation is 1. The zero-order valence-corrected chi connectivity index (χ0v) is 23.6. The number of carbonyl (C=O) groups is 2. The van der Waals surface area contributed by atoms with E-state index in [9.17, 15) is 18.0 Å². The standard InChI is InChI=1S/C26H35Cl2N3O4S/c1-5-19-13-15-20(16-14-19)31(36(4,34)35)17-9-12-25(32)30(24(6-2)26(33)29-7-3)18-21-22(27)10-8-11-23(21)28/h8,10-11,13-16,24H,5-7,9,12,17-18H2,1-4H3,(H,29,33)/t24-/m1/s1. The van der Waals surface area contributed by atoms with Crippen LogP contribution in [0.1, 0.15) is 51.2 Å². The van der Waals surface area contributed by atoms with Crippen molar-refractivity contribution in [2.24, 2.45) is 0 Å². The van der Waals surface area contributed by atoms with Crippen LogP contribution >= 0.6 is 23.2 Å². The Morgan fingerprint density at radius 1 is 1.00 bits per heavy atom. The van der Waals surface area contributed by atoms with E-state index in [2.05, 4.69) is 5.32 Å². The maximum atomic E-state index is 13.4. The third-order valence-corrected chi connectivity index (χ3v) is 7.81. The Morgan fingerprint density at radius 3 is 2.11 bits per heavy atom. The van der Waals surface area contributed by atoms with E-state index < -0.39 is 16.1 Å². The van der Waals surface area contributed by atoms with E-state index in [1.807, 2.05) is 32.9 Å². The highest BCUT2D eigenvalue weighted by atomic mass is 35.5. The molecule has 10 heteroatoms. The Morgan fingerprint density at radius 2 is 1.61 bits per heavy atom. The van der Waals surface area contributed by atoms with E-state index >= 15 is 0 Å². The van der Waals surface area contributed by atoms with Crippen molar-refractivity contribution in [1.29, 1.82) is 0 Å². The van der Waals surface area contributed by atoms with Gasteiger partial charge in [0.25, 0.3) is 0 Å². The van der Waals surface area contributed by atoms with Crippen molar-refractivity contribution in [1.82, 2.24) is 10.2 Å². The second-order valence-electron chi connectivity index (χ2n) is 8.50. The van der Waals surface area contributed by atoms with Crippen molar-refractivity contribution in [3.05, 3.63) is 63.6 Å². The number of rotatable bonds is 13. The van der Waals surface area contributed by atoms with E-state index in [0.29, 0.717) is 34.3 Å². The van der Waals surface area contributed by atoms with Crippen LogP contribution in [0.3, 0.4) is 0 Å². The summed E-state index contributed by atoms with van der Waals surface area (Å²) in [5.41, 5.74) is 2.22. The third kappa shape index (κ3) is 8.11. The molecule has 0 saturated heterocycles. The molecule has 0 bridgehead atoms. The minimum Gasteiger partial charge on any atom is -0.355 e. The van der Waals surface area contributed by atoms with Crippen molar-refractivity contribution in [3.63, 3.8) is 0 Å². The SMILES string of the molecule is CCNC(=O)[C@@H](CC)N(Cc1c(Cl)cccc1Cl)C(=O)CCCN(c1ccc(CC)cc1)S(C)(=O)=O. The van der Waals surface area contributed by atoms with Crippen LogP contribution in [-0.4, -0.2) is 50.5 Å². The molecule has 0 heterocycles. The molecule has 0 aromatic heterocycles. The van der Waals surface area contributed by atoms with Crippen LogP contribution in [-0.2, 0) is 32.6 Å². The van der Waals surface area contributed by atoms with Crippen molar-refractivity contribution in [2.45, 2.75) is 59.0 Å². The number of nitrogens with one attached hydrogen (secondary N) is 1. The molecule has 2 rings (SSSR count). The normalized spacial score (nSPS) is 12.2. The number of anilines is 1. The number of hydrogen-bond acceptors (Lipinski definition) is 4. The maximum absolute atomic E-state index is 13.4. The first-order valence-electron chi connectivity index (χ1n) is 12.1. The Bertz CT molecular complexity index is 1120. The zero-order chi connectivity index (χ0) is 26.9. The molecule has 2 amide bonds. The van der Waals surface area contributed by atoms with Gasteiger partial charge in [0.1, 0.15) is 6.04 Å². The quantitative estimate of drug-likeness (QED) is 0.374. The lowest BCUT2D eigenvalue weighted by molar-refractivity contribution is -0.141. The van der Waals surface area contributed by atoms with Crippen molar-refractivity contribution in [2.75, 3.05) is 23.7 Å². The highest BCUT2D eigenvalue weighted by molar-refractivity contribution is 7.92. The van der Waals surface area contributed by atoms with E-state index in [4.69, 9.17) is 23.2 Å². The largest absolute Gasteiger partial charge is 0.355 e. The fraction of sp³-hybridized carbons (Fsp3) is 0.462. The second-order valence-corrected chi connectivity index (χ2v) is 11.2. The third-order valence-electron chi connectivity index (χ3n) is 5.91. The van der Waals surface area contributed by atoms with Gasteiger partial charge in [-0.1, -0.05) is 55.2 Å². The number of carbonyl (C=O) groups excluding carboxylic acids is 2. The Balaban J connectivity index is 2.24. The van der Waals surface area contributed by atoms with Gasteiger partial charge in [-0.2, -0.15) is 0 Å². The van der Waals surface area contributed by atoms with Crippen molar-refractivity contribution in [3.8, 4) is 0 Å². The molecule has 0 aliphatic carbocycles. The van der Waals surface area contributed by atoms with Gasteiger partial charge in [0.2, 0.25) is 21.8 Å². The minimum absolute atomic E-state index is 0.0526. The molecule has 0 aliphatic rings. The summed E-state index contributed by atoms with van der Waals surface area (Å²) in [4.78, 5) is 27.7. The average Bonchev–Trinajstić information content (AvgIpc) is 2.83. The number of hydrogen-bond donors (Lipinski definition) is 1. The first-order valence-corrected chi connectivity index (χ1v) is 14.7. The number of benzene rings is 2. The molecule has 0 unspecified atom stereocenters. The fourth-order valence-corrected chi connectivity index (χ4v) is 5.45. The number of amides is 2. The van der Waals surface area contributed by atoms with Gasteiger partial charge in [-0.15, -0.1) is 0 Å². The zero-order valence-electron chi connectivity index (χ0n) is 21.3. The van der Waals surface area contributed by atoms with Crippen molar-refractivity contribution < 1.29 is 18.0 Å². The summed E-state index contributed by atoms with van der Waals surface area (Å²) in [7, 11) is -3.55. The predicted molar refractivity (Wildman–Crippen MR) is 147 cm³/mol. The number of nitrogens with zero attached hydrogens (tertiary/aromatic N) is 2. The van der Waals surface area contributed by atoms with Crippen molar-refractivity contribution >= 4 is 50.7 Å². The van der Waals surface area contributed by atoms with Gasteiger partial charge in [0, 0.05) is 41.7 Å². The lowest BCUT2D eigenvalue weighted by atomic mass is 10.1. The molecule has 0 fully saturated rings. The van der Waals surface area contributed by atoms with Gasteiger partial charge in [-0.05, 0) is 56.0 Å². The molecule has 1 atom stereocenters. The minimum atomic E-state index is -3.55. The first-order chi connectivity index (χ1) is 17.0. The molecule has 7 nitrogen and oxygen atoms in total. The lowest BCUT2D eigenvalue weighted by Crippen LogP contribution is -2.49. The predicted octanol–water partition coefficient (Wildman–Crippen LogP) is 5.05. The van der Waals surface area contributed by atoms with Gasteiger partial charge in [0.05, 0.1) is 11.9 Å². The van der Waals surface area contributed by atoms with Crippen LogP contribution in [0.5, 0.6) is 0 Å². The summed E-state index contributed by atoms with van der Waals surface area (Å²) in [6.07, 6.45) is 2.73. The first kappa shape index (κ1) is 29.9. The van der Waals surface area contributed by atoms with Gasteiger partial charge < -0.3 is 10.2 Å². The number of sulfonamides is 1. The average molecular weight is 557 g/mol. The smallest absolute Gasteiger partial charge is 0.242 e. The molecule has 36 heavy (non-hydrogen) atoms. The number of halogens is 2. The monoisotopic (exact) mass is 555 g/mol. The Hall–Kier alpha value is -2.29. The van der Waals surface area contributed by atoms with Gasteiger partial charge >= 0.3 is 0 Å². The van der Waals surface area contributed by atoms with Gasteiger partial charge in [0.15, 0.2) is 0 Å². The summed E-state index contributed by atoms with van der Waals surface area (Å²) >= 11 is 12.7. The molecule has 1 N–H and O–H groups in total. The Labute approximate surface area is 224 Å². The molecule has 0 spiro atoms. The molecule has 2 aromatic rings. The lowest BCUT2D eigenvalue weighted by Gasteiger charge is -2.31. The highest BCUT2D eigenvalue weighted by Crippen LogP contribution is 2.27. The summed E-state index contributed by atoms with van der Waals surface area (Å²) < 4.78 is 26.3. The van der Waals surface area contributed by atoms with Crippen LogP contribution in [0.15, 0.2) is 42.5 Å². The van der Waals surface area contributed by atoms with Gasteiger partial charge in [-0.25, -0.2) is 8.42 Å². The molecule has 0 radical (unpaired) electrons. The molecule has 0 aliphatic heterocycles. The van der Waals surface area contributed by atoms with Crippen LogP contribution in [0.4, 0.5) is 5.69 Å². The van der Waals surface area contributed by atoms with E-state index in [1.165, 1.54) is 9.21 Å². The summed E-state index contributed by atoms with van der Waals surface area (Å²) in [5.74, 6) is -0.538. The summed E-state index contributed by atoms with van der Waals surface area (Å²) in [6, 6.07) is 11.7. The highest BCUT2D eigenvalue weighted by Gasteiger charge is 2.29. The van der Waals surface area contributed by atoms with Crippen LogP contribution in [0.25, 0.3) is 0 Å². The van der Waals surface area contributed by atoms with E-state index in [-0.39, 0.29) is 37.7 Å². The molecular formula is C26H35Cl2N3O4S. The van der Waals surface area contributed by atoms with E-state index in [1.54, 1.807) is 30.3 Å². The second kappa shape index (κ2) is 13.9. The Kier molecular flexibility index (Phi) is 11.5. The number of likely N-dealkylation sites (N-methyl/N-ethyl adjacent to an activating group) is 1. The van der Waals surface area contributed by atoms with Crippen LogP contribution in [0.2, 0.25) is 10.0 Å². The topological polar surface area (TPSA) is 86.8 Å². The van der Waals surface area contributed by atoms with Crippen LogP contribution in [0, 0.1) is 0 Å². The molecule has 198 valence electrons. The van der Waals surface area contributed by atoms with E-state index in [0.717, 1.165) is 18.2 Å². The fourth-order valence-electron chi connectivity index (χ4n) is 3.97. The molecule has 2 aromatic carbocycles. The maximum Gasteiger partial charge on any atom is 0.242 e. The molecule has 0 saturated carbocycles. The molecular weight excluding hydrogens is 521 g/mol. The van der Waals surface area contributed by atoms with Gasteiger partial charge in [-0.3, -0.25) is 13.9 Å². The summed E-state index contributed by atoms with van der Waals surface area (Å²) in [5, 5.41) is 3.60. The van der Waals surface area contributed by atoms with Crippen LogP contribution < -0.4 is 9.62 Å². The summed E-state index contributed by atoms with van der Waals surface area (Å²) in [6.45, 7) is 6.31.